The molecule has 1 atom stereocenters. The number of carbonyl (C=O) groups is 1. The Labute approximate surface area is 141 Å². The van der Waals surface area contributed by atoms with Gasteiger partial charge in [-0.05, 0) is 30.2 Å². The minimum absolute atomic E-state index is 0.0838. The standard InChI is InChI=1S/C20H22N2O2/c1-3-14(15-7-5-4-6-8-15)13-21-20(23)19-11-16-9-10-17(24-2)12-18(16)22-19/h4-12,14,22H,3,13H2,1-2H3,(H,21,23)/t14-/m1/s1. The van der Waals surface area contributed by atoms with Crippen LogP contribution in [0.5, 0.6) is 5.75 Å². The molecule has 24 heavy (non-hydrogen) atoms. The van der Waals surface area contributed by atoms with Crippen molar-refractivity contribution in [1.29, 1.82) is 0 Å². The molecule has 1 amide bonds. The van der Waals surface area contributed by atoms with Crippen LogP contribution in [-0.2, 0) is 0 Å². The van der Waals surface area contributed by atoms with Crippen molar-refractivity contribution in [3.05, 3.63) is 65.9 Å². The van der Waals surface area contributed by atoms with Crippen LogP contribution in [-0.4, -0.2) is 24.5 Å². The van der Waals surface area contributed by atoms with Crippen LogP contribution in [0.15, 0.2) is 54.6 Å². The van der Waals surface area contributed by atoms with Crippen LogP contribution >= 0.6 is 0 Å². The van der Waals surface area contributed by atoms with Crippen molar-refractivity contribution in [2.24, 2.45) is 0 Å². The molecule has 0 fully saturated rings. The SMILES string of the molecule is CC[C@H](CNC(=O)c1cc2ccc(OC)cc2[nH]1)c1ccccc1. The molecule has 0 saturated heterocycles. The van der Waals surface area contributed by atoms with E-state index in [4.69, 9.17) is 4.74 Å². The molecule has 0 aliphatic heterocycles. The minimum Gasteiger partial charge on any atom is -0.497 e. The van der Waals surface area contributed by atoms with Crippen molar-refractivity contribution in [2.45, 2.75) is 19.3 Å². The Morgan fingerprint density at radius 2 is 1.96 bits per heavy atom. The van der Waals surface area contributed by atoms with Crippen LogP contribution < -0.4 is 10.1 Å². The minimum atomic E-state index is -0.0838. The monoisotopic (exact) mass is 322 g/mol. The van der Waals surface area contributed by atoms with E-state index in [0.717, 1.165) is 23.1 Å². The molecule has 2 aromatic carbocycles. The molecule has 1 aromatic heterocycles. The second-order valence-corrected chi connectivity index (χ2v) is 5.86. The number of hydrogen-bond acceptors (Lipinski definition) is 2. The number of ether oxygens (including phenoxy) is 1. The average molecular weight is 322 g/mol. The molecule has 0 bridgehead atoms. The molecule has 0 saturated carbocycles. The lowest BCUT2D eigenvalue weighted by Gasteiger charge is -2.15. The Balaban J connectivity index is 1.70. The van der Waals surface area contributed by atoms with Crippen LogP contribution in [0.4, 0.5) is 0 Å². The highest BCUT2D eigenvalue weighted by Crippen LogP contribution is 2.22. The van der Waals surface area contributed by atoms with Gasteiger partial charge in [-0.15, -0.1) is 0 Å². The molecule has 3 aromatic rings. The first-order valence-electron chi connectivity index (χ1n) is 8.21. The van der Waals surface area contributed by atoms with Gasteiger partial charge in [0.05, 0.1) is 7.11 Å². The highest BCUT2D eigenvalue weighted by Gasteiger charge is 2.13. The maximum Gasteiger partial charge on any atom is 0.267 e. The van der Waals surface area contributed by atoms with Crippen molar-refractivity contribution in [3.8, 4) is 5.75 Å². The zero-order valence-corrected chi connectivity index (χ0v) is 14.0. The zero-order valence-electron chi connectivity index (χ0n) is 14.0. The van der Waals surface area contributed by atoms with Gasteiger partial charge >= 0.3 is 0 Å². The molecule has 0 unspecified atom stereocenters. The number of amides is 1. The summed E-state index contributed by atoms with van der Waals surface area (Å²) in [4.78, 5) is 15.6. The molecule has 1 heterocycles. The van der Waals surface area contributed by atoms with E-state index in [2.05, 4.69) is 29.4 Å². The van der Waals surface area contributed by atoms with E-state index in [0.29, 0.717) is 18.2 Å². The van der Waals surface area contributed by atoms with Gasteiger partial charge in [-0.3, -0.25) is 4.79 Å². The second-order valence-electron chi connectivity index (χ2n) is 5.86. The Kier molecular flexibility index (Phi) is 4.85. The smallest absolute Gasteiger partial charge is 0.267 e. The van der Waals surface area contributed by atoms with E-state index in [1.54, 1.807) is 7.11 Å². The number of H-pyrrole nitrogens is 1. The zero-order chi connectivity index (χ0) is 16.9. The molecular formula is C20H22N2O2. The Morgan fingerprint density at radius 3 is 2.67 bits per heavy atom. The van der Waals surface area contributed by atoms with Crippen molar-refractivity contribution in [2.75, 3.05) is 13.7 Å². The quantitative estimate of drug-likeness (QED) is 0.718. The lowest BCUT2D eigenvalue weighted by atomic mass is 9.96. The first kappa shape index (κ1) is 16.1. The summed E-state index contributed by atoms with van der Waals surface area (Å²) in [6.07, 6.45) is 0.980. The molecule has 0 aliphatic rings. The highest BCUT2D eigenvalue weighted by atomic mass is 16.5. The number of aromatic amines is 1. The molecule has 0 spiro atoms. The average Bonchev–Trinajstić information content (AvgIpc) is 3.06. The number of aromatic nitrogens is 1. The van der Waals surface area contributed by atoms with Gasteiger partial charge in [0.1, 0.15) is 11.4 Å². The van der Waals surface area contributed by atoms with Crippen molar-refractivity contribution in [3.63, 3.8) is 0 Å². The third kappa shape index (κ3) is 3.43. The number of fused-ring (bicyclic) bond motifs is 1. The summed E-state index contributed by atoms with van der Waals surface area (Å²) < 4.78 is 5.21. The summed E-state index contributed by atoms with van der Waals surface area (Å²) >= 11 is 0. The summed E-state index contributed by atoms with van der Waals surface area (Å²) in [7, 11) is 1.63. The van der Waals surface area contributed by atoms with Crippen LogP contribution in [0.25, 0.3) is 10.9 Å². The van der Waals surface area contributed by atoms with Crippen molar-refractivity contribution >= 4 is 16.8 Å². The number of benzene rings is 2. The van der Waals surface area contributed by atoms with E-state index < -0.39 is 0 Å². The van der Waals surface area contributed by atoms with Crippen LogP contribution in [0.2, 0.25) is 0 Å². The summed E-state index contributed by atoms with van der Waals surface area (Å²) in [6, 6.07) is 17.9. The van der Waals surface area contributed by atoms with Gasteiger partial charge in [-0.2, -0.15) is 0 Å². The first-order chi connectivity index (χ1) is 11.7. The van der Waals surface area contributed by atoms with Crippen LogP contribution in [0.3, 0.4) is 0 Å². The van der Waals surface area contributed by atoms with Gasteiger partial charge in [0.25, 0.3) is 5.91 Å². The molecule has 4 heteroatoms. The lowest BCUT2D eigenvalue weighted by Crippen LogP contribution is -2.28. The van der Waals surface area contributed by atoms with Crippen molar-refractivity contribution < 1.29 is 9.53 Å². The van der Waals surface area contributed by atoms with Gasteiger partial charge in [-0.25, -0.2) is 0 Å². The van der Waals surface area contributed by atoms with Gasteiger partial charge in [0.15, 0.2) is 0 Å². The van der Waals surface area contributed by atoms with Crippen molar-refractivity contribution in [1.82, 2.24) is 10.3 Å². The fourth-order valence-corrected chi connectivity index (χ4v) is 2.89. The third-order valence-corrected chi connectivity index (χ3v) is 4.35. The summed E-state index contributed by atoms with van der Waals surface area (Å²) in [6.45, 7) is 2.76. The predicted molar refractivity (Wildman–Crippen MR) is 96.7 cm³/mol. The Hall–Kier alpha value is -2.75. The summed E-state index contributed by atoms with van der Waals surface area (Å²) in [5.41, 5.74) is 2.72. The number of rotatable bonds is 6. The summed E-state index contributed by atoms with van der Waals surface area (Å²) in [5.74, 6) is 1.01. The summed E-state index contributed by atoms with van der Waals surface area (Å²) in [5, 5.41) is 4.03. The Morgan fingerprint density at radius 1 is 1.17 bits per heavy atom. The van der Waals surface area contributed by atoms with E-state index in [9.17, 15) is 4.79 Å². The fourth-order valence-electron chi connectivity index (χ4n) is 2.89. The maximum absolute atomic E-state index is 12.4. The van der Waals surface area contributed by atoms with Crippen LogP contribution in [0, 0.1) is 0 Å². The Bertz CT molecular complexity index is 824. The largest absolute Gasteiger partial charge is 0.497 e. The third-order valence-electron chi connectivity index (χ3n) is 4.35. The van der Waals surface area contributed by atoms with Gasteiger partial charge in [0, 0.05) is 29.4 Å². The van der Waals surface area contributed by atoms with E-state index in [-0.39, 0.29) is 5.91 Å². The maximum atomic E-state index is 12.4. The fraction of sp³-hybridized carbons (Fsp3) is 0.250. The predicted octanol–water partition coefficient (Wildman–Crippen LogP) is 4.10. The highest BCUT2D eigenvalue weighted by molar-refractivity contribution is 5.98. The second kappa shape index (κ2) is 7.21. The number of carbonyl (C=O) groups excluding carboxylic acids is 1. The van der Waals surface area contributed by atoms with Gasteiger partial charge in [0.2, 0.25) is 0 Å². The molecule has 3 rings (SSSR count). The van der Waals surface area contributed by atoms with Gasteiger partial charge < -0.3 is 15.0 Å². The topological polar surface area (TPSA) is 54.1 Å². The lowest BCUT2D eigenvalue weighted by molar-refractivity contribution is 0.0946. The van der Waals surface area contributed by atoms with E-state index >= 15 is 0 Å². The normalized spacial score (nSPS) is 12.1. The molecule has 124 valence electrons. The molecular weight excluding hydrogens is 300 g/mol. The first-order valence-corrected chi connectivity index (χ1v) is 8.21. The van der Waals surface area contributed by atoms with Gasteiger partial charge in [-0.1, -0.05) is 37.3 Å². The number of methoxy groups -OCH3 is 1. The number of hydrogen-bond donors (Lipinski definition) is 2. The number of nitrogens with one attached hydrogen (secondary N) is 2. The molecule has 4 nitrogen and oxygen atoms in total. The molecule has 0 radical (unpaired) electrons. The van der Waals surface area contributed by atoms with Crippen LogP contribution in [0.1, 0.15) is 35.3 Å². The van der Waals surface area contributed by atoms with E-state index in [1.165, 1.54) is 5.56 Å². The van der Waals surface area contributed by atoms with E-state index in [1.807, 2.05) is 42.5 Å². The molecule has 2 N–H and O–H groups in total. The molecule has 0 aliphatic carbocycles.